The molecule has 0 bridgehead atoms. The molecule has 0 aliphatic carbocycles. The number of nitrogens with one attached hydrogen (secondary N) is 1. The Kier molecular flexibility index (Phi) is 7.22. The lowest BCUT2D eigenvalue weighted by Gasteiger charge is -2.20. The van der Waals surface area contributed by atoms with Gasteiger partial charge in [0, 0.05) is 25.9 Å². The van der Waals surface area contributed by atoms with Gasteiger partial charge in [-0.1, -0.05) is 6.07 Å². The van der Waals surface area contributed by atoms with Crippen LogP contribution in [0.2, 0.25) is 0 Å². The van der Waals surface area contributed by atoms with Crippen molar-refractivity contribution in [3.63, 3.8) is 0 Å². The average molecular weight is 280 g/mol. The van der Waals surface area contributed by atoms with Gasteiger partial charge in [0.15, 0.2) is 0 Å². The molecule has 0 aromatic heterocycles. The summed E-state index contributed by atoms with van der Waals surface area (Å²) in [7, 11) is 1.62. The molecule has 112 valence electrons. The maximum Gasteiger partial charge on any atom is 0.238 e. The van der Waals surface area contributed by atoms with Gasteiger partial charge < -0.3 is 15.2 Å². The number of carbonyl (C=O) groups excluding carboxylic acids is 1. The van der Waals surface area contributed by atoms with Crippen molar-refractivity contribution in [3.8, 4) is 0 Å². The lowest BCUT2D eigenvalue weighted by Crippen LogP contribution is -2.37. The van der Waals surface area contributed by atoms with E-state index in [1.54, 1.807) is 7.11 Å². The number of ether oxygens (including phenoxy) is 1. The third-order valence-corrected chi connectivity index (χ3v) is 3.19. The van der Waals surface area contributed by atoms with Crippen molar-refractivity contribution in [2.45, 2.75) is 13.8 Å². The summed E-state index contributed by atoms with van der Waals surface area (Å²) in [5, 5.41) is 11.9. The van der Waals surface area contributed by atoms with Crippen molar-refractivity contribution >= 4 is 11.6 Å². The predicted octanol–water partition coefficient (Wildman–Crippen LogP) is 1.18. The van der Waals surface area contributed by atoms with E-state index in [1.807, 2.05) is 36.9 Å². The molecule has 0 spiro atoms. The van der Waals surface area contributed by atoms with Crippen LogP contribution in [0.1, 0.15) is 11.1 Å². The summed E-state index contributed by atoms with van der Waals surface area (Å²) < 4.78 is 4.99. The van der Waals surface area contributed by atoms with Gasteiger partial charge in [-0.3, -0.25) is 9.69 Å². The first kappa shape index (κ1) is 16.6. The highest BCUT2D eigenvalue weighted by Gasteiger charge is 2.10. The monoisotopic (exact) mass is 280 g/mol. The van der Waals surface area contributed by atoms with Crippen LogP contribution in [0, 0.1) is 13.8 Å². The number of methoxy groups -OCH3 is 1. The quantitative estimate of drug-likeness (QED) is 0.751. The summed E-state index contributed by atoms with van der Waals surface area (Å²) >= 11 is 0. The molecule has 0 saturated carbocycles. The molecule has 5 nitrogen and oxygen atoms in total. The van der Waals surface area contributed by atoms with Crippen molar-refractivity contribution in [1.29, 1.82) is 0 Å². The third-order valence-electron chi connectivity index (χ3n) is 3.19. The second kappa shape index (κ2) is 8.68. The van der Waals surface area contributed by atoms with E-state index in [2.05, 4.69) is 5.32 Å². The van der Waals surface area contributed by atoms with Crippen LogP contribution in [0.3, 0.4) is 0 Å². The Balaban J connectivity index is 2.53. The maximum atomic E-state index is 12.0. The van der Waals surface area contributed by atoms with Gasteiger partial charge in [0.2, 0.25) is 5.91 Å². The summed E-state index contributed by atoms with van der Waals surface area (Å²) in [5.41, 5.74) is 3.15. The summed E-state index contributed by atoms with van der Waals surface area (Å²) in [4.78, 5) is 13.8. The minimum absolute atomic E-state index is 0.0284. The fourth-order valence-corrected chi connectivity index (χ4v) is 1.85. The van der Waals surface area contributed by atoms with Crippen LogP contribution in [0.15, 0.2) is 18.2 Å². The molecule has 0 unspecified atom stereocenters. The topological polar surface area (TPSA) is 61.8 Å². The summed E-state index contributed by atoms with van der Waals surface area (Å²) in [5.74, 6) is -0.0854. The summed E-state index contributed by atoms with van der Waals surface area (Å²) in [6.45, 7) is 5.95. The third kappa shape index (κ3) is 5.69. The highest BCUT2D eigenvalue weighted by atomic mass is 16.5. The normalized spacial score (nSPS) is 10.8. The van der Waals surface area contributed by atoms with Gasteiger partial charge in [-0.05, 0) is 37.1 Å². The smallest absolute Gasteiger partial charge is 0.238 e. The average Bonchev–Trinajstić information content (AvgIpc) is 2.40. The minimum Gasteiger partial charge on any atom is -0.395 e. The Hall–Kier alpha value is -1.43. The van der Waals surface area contributed by atoms with Crippen molar-refractivity contribution in [2.24, 2.45) is 0 Å². The number of aryl methyl sites for hydroxylation is 2. The number of hydrogen-bond donors (Lipinski definition) is 2. The molecule has 1 amide bonds. The molecule has 0 saturated heterocycles. The van der Waals surface area contributed by atoms with Crippen molar-refractivity contribution in [1.82, 2.24) is 4.90 Å². The molecule has 0 atom stereocenters. The standard InChI is InChI=1S/C15H24N2O3/c1-12-4-5-14(10-13(12)2)16-15(19)11-17(6-8-18)7-9-20-3/h4-5,10,18H,6-9,11H2,1-3H3,(H,16,19). The zero-order valence-corrected chi connectivity index (χ0v) is 12.5. The SMILES string of the molecule is COCCN(CCO)CC(=O)Nc1ccc(C)c(C)c1. The van der Waals surface area contributed by atoms with Crippen LogP contribution in [-0.2, 0) is 9.53 Å². The number of rotatable bonds is 8. The molecular formula is C15H24N2O3. The first-order valence-electron chi connectivity index (χ1n) is 6.76. The van der Waals surface area contributed by atoms with Crippen LogP contribution in [0.4, 0.5) is 5.69 Å². The molecular weight excluding hydrogens is 256 g/mol. The van der Waals surface area contributed by atoms with Gasteiger partial charge in [-0.2, -0.15) is 0 Å². The number of amides is 1. The van der Waals surface area contributed by atoms with E-state index in [0.717, 1.165) is 11.3 Å². The lowest BCUT2D eigenvalue weighted by atomic mass is 10.1. The molecule has 2 N–H and O–H groups in total. The zero-order chi connectivity index (χ0) is 15.0. The maximum absolute atomic E-state index is 12.0. The fourth-order valence-electron chi connectivity index (χ4n) is 1.85. The molecule has 0 radical (unpaired) electrons. The van der Waals surface area contributed by atoms with Crippen molar-refractivity contribution < 1.29 is 14.6 Å². The Morgan fingerprint density at radius 1 is 1.30 bits per heavy atom. The van der Waals surface area contributed by atoms with Gasteiger partial charge in [-0.15, -0.1) is 0 Å². The van der Waals surface area contributed by atoms with E-state index in [-0.39, 0.29) is 19.1 Å². The van der Waals surface area contributed by atoms with Crippen molar-refractivity contribution in [2.75, 3.05) is 45.3 Å². The molecule has 0 heterocycles. The number of carbonyl (C=O) groups is 1. The molecule has 1 rings (SSSR count). The Morgan fingerprint density at radius 3 is 2.65 bits per heavy atom. The van der Waals surface area contributed by atoms with Crippen LogP contribution in [-0.4, -0.2) is 55.9 Å². The lowest BCUT2D eigenvalue weighted by molar-refractivity contribution is -0.117. The van der Waals surface area contributed by atoms with Crippen molar-refractivity contribution in [3.05, 3.63) is 29.3 Å². The first-order chi connectivity index (χ1) is 9.56. The molecule has 0 aliphatic rings. The second-order valence-corrected chi connectivity index (χ2v) is 4.84. The van der Waals surface area contributed by atoms with E-state index < -0.39 is 0 Å². The van der Waals surface area contributed by atoms with Crippen LogP contribution in [0.25, 0.3) is 0 Å². The van der Waals surface area contributed by atoms with E-state index in [0.29, 0.717) is 19.7 Å². The highest BCUT2D eigenvalue weighted by Crippen LogP contribution is 2.14. The predicted molar refractivity (Wildman–Crippen MR) is 79.9 cm³/mol. The fraction of sp³-hybridized carbons (Fsp3) is 0.533. The molecule has 0 fully saturated rings. The Labute approximate surface area is 120 Å². The molecule has 0 aliphatic heterocycles. The van der Waals surface area contributed by atoms with Gasteiger partial charge in [0.05, 0.1) is 19.8 Å². The number of aliphatic hydroxyl groups excluding tert-OH is 1. The minimum atomic E-state index is -0.0854. The van der Waals surface area contributed by atoms with E-state index in [4.69, 9.17) is 9.84 Å². The zero-order valence-electron chi connectivity index (χ0n) is 12.5. The number of hydrogen-bond acceptors (Lipinski definition) is 4. The number of anilines is 1. The van der Waals surface area contributed by atoms with E-state index in [1.165, 1.54) is 5.56 Å². The van der Waals surface area contributed by atoms with Gasteiger partial charge in [-0.25, -0.2) is 0 Å². The van der Waals surface area contributed by atoms with Gasteiger partial charge in [0.1, 0.15) is 0 Å². The van der Waals surface area contributed by atoms with Gasteiger partial charge in [0.25, 0.3) is 0 Å². The van der Waals surface area contributed by atoms with Crippen LogP contribution < -0.4 is 5.32 Å². The largest absolute Gasteiger partial charge is 0.395 e. The van der Waals surface area contributed by atoms with E-state index >= 15 is 0 Å². The first-order valence-corrected chi connectivity index (χ1v) is 6.76. The molecule has 20 heavy (non-hydrogen) atoms. The molecule has 1 aromatic carbocycles. The number of benzene rings is 1. The molecule has 5 heteroatoms. The van der Waals surface area contributed by atoms with Crippen LogP contribution in [0.5, 0.6) is 0 Å². The van der Waals surface area contributed by atoms with Crippen LogP contribution >= 0.6 is 0 Å². The number of aliphatic hydroxyl groups is 1. The number of nitrogens with zero attached hydrogens (tertiary/aromatic N) is 1. The summed E-state index contributed by atoms with van der Waals surface area (Å²) in [6, 6.07) is 5.84. The second-order valence-electron chi connectivity index (χ2n) is 4.84. The summed E-state index contributed by atoms with van der Waals surface area (Å²) in [6.07, 6.45) is 0. The van der Waals surface area contributed by atoms with Gasteiger partial charge >= 0.3 is 0 Å². The molecule has 1 aromatic rings. The highest BCUT2D eigenvalue weighted by molar-refractivity contribution is 5.92. The van der Waals surface area contributed by atoms with E-state index in [9.17, 15) is 4.79 Å². The Bertz CT molecular complexity index is 435. The Morgan fingerprint density at radius 2 is 2.05 bits per heavy atom.